The van der Waals surface area contributed by atoms with Crippen LogP contribution < -0.4 is 20.0 Å². The van der Waals surface area contributed by atoms with E-state index in [9.17, 15) is 14.7 Å². The lowest BCUT2D eigenvalue weighted by atomic mass is 9.86. The Morgan fingerprint density at radius 3 is 2.33 bits per heavy atom. The number of rotatable bonds is 10. The van der Waals surface area contributed by atoms with Crippen LogP contribution in [0.25, 0.3) is 0 Å². The van der Waals surface area contributed by atoms with E-state index in [-0.39, 0.29) is 54.6 Å². The van der Waals surface area contributed by atoms with Gasteiger partial charge in [0.1, 0.15) is 17.6 Å². The third-order valence-electron chi connectivity index (χ3n) is 10.6. The number of amides is 2. The number of methoxy groups -OCH3 is 2. The highest BCUT2D eigenvalue weighted by Crippen LogP contribution is 2.48. The first-order valence-electron chi connectivity index (χ1n) is 17.0. The fourth-order valence-electron chi connectivity index (χ4n) is 7.61. The average molecular weight is 679 g/mol. The van der Waals surface area contributed by atoms with Crippen LogP contribution in [0.1, 0.15) is 46.5 Å². The van der Waals surface area contributed by atoms with Gasteiger partial charge in [-0.15, -0.1) is 0 Å². The molecule has 0 bridgehead atoms. The molecule has 0 aliphatic carbocycles. The van der Waals surface area contributed by atoms with Crippen LogP contribution in [-0.2, 0) is 22.5 Å². The van der Waals surface area contributed by atoms with E-state index in [0.717, 1.165) is 16.9 Å². The van der Waals surface area contributed by atoms with Crippen LogP contribution >= 0.6 is 0 Å². The van der Waals surface area contributed by atoms with E-state index < -0.39 is 8.07 Å². The van der Waals surface area contributed by atoms with Crippen LogP contribution in [0.4, 0.5) is 5.69 Å². The molecule has 5 atom stereocenters. The maximum Gasteiger partial charge on any atom is 0.255 e. The first kappa shape index (κ1) is 34.4. The van der Waals surface area contributed by atoms with Gasteiger partial charge < -0.3 is 29.5 Å². The third-order valence-corrected chi connectivity index (χ3v) is 14.8. The lowest BCUT2D eigenvalue weighted by molar-refractivity contribution is -0.136. The topological polar surface area (TPSA) is 97.3 Å². The molecule has 9 heteroatoms. The molecule has 4 aromatic rings. The van der Waals surface area contributed by atoms with E-state index >= 15 is 0 Å². The van der Waals surface area contributed by atoms with E-state index in [1.54, 1.807) is 26.4 Å². The predicted octanol–water partition coefficient (Wildman–Crippen LogP) is 6.35. The largest absolute Gasteiger partial charge is 0.497 e. The van der Waals surface area contributed by atoms with Crippen LogP contribution in [0.5, 0.6) is 11.5 Å². The molecule has 0 saturated carbocycles. The first-order chi connectivity index (χ1) is 23.6. The SMILES string of the molecule is COc1ccc([Si](C)(C)C(CC(=O)N2Cc3ccccc3C[C@H]2CO)[C@@H]2Oc3ccc(NC(=O)c4ccccc4)cc3[C@H](OC)[C@H]2C)cc1. The second-order valence-electron chi connectivity index (χ2n) is 13.8. The number of nitrogens with one attached hydrogen (secondary N) is 1. The second-order valence-corrected chi connectivity index (χ2v) is 18.5. The van der Waals surface area contributed by atoms with Crippen LogP contribution in [0.15, 0.2) is 97.1 Å². The summed E-state index contributed by atoms with van der Waals surface area (Å²) in [6.45, 7) is 7.11. The molecule has 0 aromatic heterocycles. The fraction of sp³-hybridized carbons (Fsp3) is 0.350. The minimum Gasteiger partial charge on any atom is -0.497 e. The van der Waals surface area contributed by atoms with E-state index in [4.69, 9.17) is 14.2 Å². The summed E-state index contributed by atoms with van der Waals surface area (Å²) in [6.07, 6.45) is 0.240. The maximum atomic E-state index is 14.5. The van der Waals surface area contributed by atoms with Gasteiger partial charge in [-0.2, -0.15) is 0 Å². The Bertz CT molecular complexity index is 1780. The summed E-state index contributed by atoms with van der Waals surface area (Å²) in [6, 6.07) is 30.9. The highest BCUT2D eigenvalue weighted by Gasteiger charge is 2.49. The zero-order chi connectivity index (χ0) is 34.7. The van der Waals surface area contributed by atoms with Crippen molar-refractivity contribution in [3.63, 3.8) is 0 Å². The predicted molar refractivity (Wildman–Crippen MR) is 194 cm³/mol. The molecule has 8 nitrogen and oxygen atoms in total. The molecule has 6 rings (SSSR count). The number of fused-ring (bicyclic) bond motifs is 2. The number of benzene rings is 4. The van der Waals surface area contributed by atoms with Gasteiger partial charge in [0.2, 0.25) is 5.91 Å². The van der Waals surface area contributed by atoms with E-state index in [0.29, 0.717) is 30.0 Å². The van der Waals surface area contributed by atoms with Crippen molar-refractivity contribution in [1.29, 1.82) is 0 Å². The lowest BCUT2D eigenvalue weighted by Crippen LogP contribution is -2.56. The Morgan fingerprint density at radius 1 is 0.959 bits per heavy atom. The second kappa shape index (κ2) is 14.6. The molecule has 2 amide bonds. The molecule has 2 aliphatic heterocycles. The molecule has 49 heavy (non-hydrogen) atoms. The van der Waals surface area contributed by atoms with E-state index in [1.165, 1.54) is 10.8 Å². The lowest BCUT2D eigenvalue weighted by Gasteiger charge is -2.46. The van der Waals surface area contributed by atoms with Crippen molar-refractivity contribution in [3.8, 4) is 11.5 Å². The molecule has 2 heterocycles. The summed E-state index contributed by atoms with van der Waals surface area (Å²) in [4.78, 5) is 29.3. The highest BCUT2D eigenvalue weighted by molar-refractivity contribution is 6.91. The number of ether oxygens (including phenoxy) is 3. The number of anilines is 1. The molecule has 0 radical (unpaired) electrons. The fourth-order valence-corrected chi connectivity index (χ4v) is 10.9. The van der Waals surface area contributed by atoms with Crippen molar-refractivity contribution in [2.45, 2.75) is 63.2 Å². The summed E-state index contributed by atoms with van der Waals surface area (Å²) < 4.78 is 18.6. The Balaban J connectivity index is 1.34. The zero-order valence-corrected chi connectivity index (χ0v) is 29.9. The summed E-state index contributed by atoms with van der Waals surface area (Å²) >= 11 is 0. The maximum absolute atomic E-state index is 14.5. The van der Waals surface area contributed by atoms with Crippen molar-refractivity contribution in [3.05, 3.63) is 119 Å². The Kier molecular flexibility index (Phi) is 10.2. The number of nitrogens with zero attached hydrogens (tertiary/aromatic N) is 1. The van der Waals surface area contributed by atoms with Crippen LogP contribution in [0, 0.1) is 5.92 Å². The van der Waals surface area contributed by atoms with Gasteiger partial charge in [-0.3, -0.25) is 9.59 Å². The Hall–Kier alpha value is -4.44. The quantitative estimate of drug-likeness (QED) is 0.190. The number of hydrogen-bond acceptors (Lipinski definition) is 6. The van der Waals surface area contributed by atoms with Gasteiger partial charge in [0, 0.05) is 48.3 Å². The van der Waals surface area contributed by atoms with Crippen LogP contribution in [0.2, 0.25) is 18.6 Å². The van der Waals surface area contributed by atoms with Gasteiger partial charge in [-0.25, -0.2) is 0 Å². The number of carbonyl (C=O) groups is 2. The first-order valence-corrected chi connectivity index (χ1v) is 20.0. The Labute approximate surface area is 290 Å². The van der Waals surface area contributed by atoms with Gasteiger partial charge in [0.15, 0.2) is 0 Å². The van der Waals surface area contributed by atoms with Crippen molar-refractivity contribution in [1.82, 2.24) is 4.90 Å². The number of hydrogen-bond donors (Lipinski definition) is 2. The van der Waals surface area contributed by atoms with Gasteiger partial charge in [0.05, 0.1) is 33.9 Å². The molecule has 0 fully saturated rings. The molecule has 4 aromatic carbocycles. The van der Waals surface area contributed by atoms with E-state index in [1.807, 2.05) is 65.6 Å². The van der Waals surface area contributed by atoms with Gasteiger partial charge >= 0.3 is 0 Å². The molecule has 0 spiro atoms. The number of carbonyl (C=O) groups excluding carboxylic acids is 2. The third kappa shape index (κ3) is 7.01. The summed E-state index contributed by atoms with van der Waals surface area (Å²) in [7, 11) is 0.918. The molecule has 256 valence electrons. The van der Waals surface area contributed by atoms with Crippen molar-refractivity contribution in [2.75, 3.05) is 26.1 Å². The number of aliphatic hydroxyl groups excluding tert-OH is 1. The van der Waals surface area contributed by atoms with Crippen LogP contribution in [-0.4, -0.2) is 62.9 Å². The van der Waals surface area contributed by atoms with Crippen molar-refractivity contribution < 1.29 is 28.9 Å². The van der Waals surface area contributed by atoms with Crippen molar-refractivity contribution in [2.24, 2.45) is 5.92 Å². The molecule has 0 saturated heterocycles. The highest BCUT2D eigenvalue weighted by atomic mass is 28.3. The van der Waals surface area contributed by atoms with E-state index in [2.05, 4.69) is 49.6 Å². The standard InChI is InChI=1S/C40H46N2O6Si/c1-26-38(47-3)34-22-30(41-40(45)27-11-7-6-8-12-27)15-20-35(34)48-39(26)36(49(4,5)33-18-16-32(46-2)17-19-33)23-37(44)42-24-29-14-10-9-13-28(29)21-31(42)25-43/h6-20,22,26,31,36,38-39,43H,21,23-25H2,1-5H3,(H,41,45)/t26-,31+,36?,38-,39-/m1/s1. The van der Waals surface area contributed by atoms with Gasteiger partial charge in [0.25, 0.3) is 5.91 Å². The minimum atomic E-state index is -2.44. The molecular formula is C40H46N2O6Si. The normalized spacial score (nSPS) is 20.7. The van der Waals surface area contributed by atoms with Gasteiger partial charge in [-0.05, 0) is 60.0 Å². The summed E-state index contributed by atoms with van der Waals surface area (Å²) in [5.41, 5.74) is 4.26. The van der Waals surface area contributed by atoms with Crippen LogP contribution in [0.3, 0.4) is 0 Å². The monoisotopic (exact) mass is 678 g/mol. The zero-order valence-electron chi connectivity index (χ0n) is 28.9. The Morgan fingerprint density at radius 2 is 1.65 bits per heavy atom. The smallest absolute Gasteiger partial charge is 0.255 e. The average Bonchev–Trinajstić information content (AvgIpc) is 3.13. The molecule has 2 N–H and O–H groups in total. The molecule has 1 unspecified atom stereocenters. The number of aliphatic hydroxyl groups is 1. The minimum absolute atomic E-state index is 0.0159. The van der Waals surface area contributed by atoms with Crippen molar-refractivity contribution >= 4 is 30.8 Å². The molecular weight excluding hydrogens is 633 g/mol. The molecule has 2 aliphatic rings. The van der Waals surface area contributed by atoms with Gasteiger partial charge in [-0.1, -0.05) is 79.8 Å². The summed E-state index contributed by atoms with van der Waals surface area (Å²) in [5.74, 6) is 1.18. The summed E-state index contributed by atoms with van der Waals surface area (Å²) in [5, 5.41) is 14.6.